The standard InChI is InChI=1S/C12H15NO2/c1-4-8(2)13-12(15)10-6-5-7-11(14)9(10)3/h4-8,14H,1H2,2-3H3,(H,13,15). The second-order valence-corrected chi connectivity index (χ2v) is 3.45. The lowest BCUT2D eigenvalue weighted by molar-refractivity contribution is 0.0946. The van der Waals surface area contributed by atoms with Gasteiger partial charge in [-0.15, -0.1) is 6.58 Å². The zero-order valence-electron chi connectivity index (χ0n) is 8.95. The van der Waals surface area contributed by atoms with Crippen molar-refractivity contribution in [3.8, 4) is 5.75 Å². The second-order valence-electron chi connectivity index (χ2n) is 3.45. The van der Waals surface area contributed by atoms with Gasteiger partial charge in [-0.1, -0.05) is 12.1 Å². The van der Waals surface area contributed by atoms with Crippen molar-refractivity contribution in [3.63, 3.8) is 0 Å². The molecule has 0 spiro atoms. The maximum Gasteiger partial charge on any atom is 0.252 e. The summed E-state index contributed by atoms with van der Waals surface area (Å²) in [7, 11) is 0. The van der Waals surface area contributed by atoms with Crippen LogP contribution in [0.25, 0.3) is 0 Å². The van der Waals surface area contributed by atoms with Crippen molar-refractivity contribution in [3.05, 3.63) is 42.0 Å². The molecule has 1 aromatic carbocycles. The summed E-state index contributed by atoms with van der Waals surface area (Å²) in [5.74, 6) is -0.0651. The molecule has 0 saturated carbocycles. The Morgan fingerprint density at radius 1 is 1.60 bits per heavy atom. The van der Waals surface area contributed by atoms with Gasteiger partial charge in [-0.3, -0.25) is 4.79 Å². The number of aromatic hydroxyl groups is 1. The first-order chi connectivity index (χ1) is 7.06. The molecule has 0 radical (unpaired) electrons. The van der Waals surface area contributed by atoms with E-state index in [1.54, 1.807) is 31.2 Å². The van der Waals surface area contributed by atoms with Gasteiger partial charge in [0.1, 0.15) is 5.75 Å². The van der Waals surface area contributed by atoms with Crippen LogP contribution in [0.3, 0.4) is 0 Å². The van der Waals surface area contributed by atoms with Crippen molar-refractivity contribution in [1.29, 1.82) is 0 Å². The van der Waals surface area contributed by atoms with Crippen molar-refractivity contribution in [2.24, 2.45) is 0 Å². The van der Waals surface area contributed by atoms with Crippen molar-refractivity contribution in [2.75, 3.05) is 0 Å². The summed E-state index contributed by atoms with van der Waals surface area (Å²) in [6.07, 6.45) is 1.65. The molecule has 2 N–H and O–H groups in total. The molecule has 1 atom stereocenters. The highest BCUT2D eigenvalue weighted by atomic mass is 16.3. The summed E-state index contributed by atoms with van der Waals surface area (Å²) in [5.41, 5.74) is 1.08. The fraction of sp³-hybridized carbons (Fsp3) is 0.250. The molecule has 0 saturated heterocycles. The lowest BCUT2D eigenvalue weighted by Crippen LogP contribution is -2.31. The Kier molecular flexibility index (Phi) is 3.50. The molecule has 1 unspecified atom stereocenters. The Morgan fingerprint density at radius 3 is 2.87 bits per heavy atom. The van der Waals surface area contributed by atoms with Gasteiger partial charge < -0.3 is 10.4 Å². The fourth-order valence-corrected chi connectivity index (χ4v) is 1.21. The van der Waals surface area contributed by atoms with Gasteiger partial charge in [0.05, 0.1) is 0 Å². The van der Waals surface area contributed by atoms with E-state index in [1.807, 2.05) is 6.92 Å². The largest absolute Gasteiger partial charge is 0.508 e. The monoisotopic (exact) mass is 205 g/mol. The number of phenolic OH excluding ortho intramolecular Hbond substituents is 1. The van der Waals surface area contributed by atoms with E-state index in [2.05, 4.69) is 11.9 Å². The van der Waals surface area contributed by atoms with Crippen LogP contribution in [0.1, 0.15) is 22.8 Å². The molecule has 15 heavy (non-hydrogen) atoms. The zero-order chi connectivity index (χ0) is 11.4. The van der Waals surface area contributed by atoms with Crippen molar-refractivity contribution < 1.29 is 9.90 Å². The molecule has 3 heteroatoms. The van der Waals surface area contributed by atoms with Crippen LogP contribution in [0.2, 0.25) is 0 Å². The fourth-order valence-electron chi connectivity index (χ4n) is 1.21. The van der Waals surface area contributed by atoms with E-state index in [9.17, 15) is 9.90 Å². The van der Waals surface area contributed by atoms with Gasteiger partial charge >= 0.3 is 0 Å². The number of phenols is 1. The molecule has 1 amide bonds. The zero-order valence-corrected chi connectivity index (χ0v) is 8.95. The molecule has 0 aromatic heterocycles. The number of benzene rings is 1. The Bertz CT molecular complexity index is 385. The number of rotatable bonds is 3. The van der Waals surface area contributed by atoms with Crippen molar-refractivity contribution >= 4 is 5.91 Å². The highest BCUT2D eigenvalue weighted by Crippen LogP contribution is 2.19. The van der Waals surface area contributed by atoms with Crippen LogP contribution in [0.5, 0.6) is 5.75 Å². The Labute approximate surface area is 89.4 Å². The predicted molar refractivity (Wildman–Crippen MR) is 60.0 cm³/mol. The highest BCUT2D eigenvalue weighted by molar-refractivity contribution is 5.96. The minimum absolute atomic E-state index is 0.0840. The molecular weight excluding hydrogens is 190 g/mol. The summed E-state index contributed by atoms with van der Waals surface area (Å²) in [4.78, 5) is 11.7. The summed E-state index contributed by atoms with van der Waals surface area (Å²) in [6.45, 7) is 7.13. The number of amides is 1. The molecule has 0 aliphatic heterocycles. The number of hydrogen-bond acceptors (Lipinski definition) is 2. The second kappa shape index (κ2) is 4.64. The van der Waals surface area contributed by atoms with Crippen LogP contribution in [0, 0.1) is 6.92 Å². The molecule has 80 valence electrons. The Hall–Kier alpha value is -1.77. The first-order valence-corrected chi connectivity index (χ1v) is 4.78. The molecule has 3 nitrogen and oxygen atoms in total. The lowest BCUT2D eigenvalue weighted by Gasteiger charge is -2.11. The molecule has 1 rings (SSSR count). The highest BCUT2D eigenvalue weighted by Gasteiger charge is 2.11. The minimum Gasteiger partial charge on any atom is -0.508 e. The van der Waals surface area contributed by atoms with Gasteiger partial charge in [-0.05, 0) is 26.0 Å². The summed E-state index contributed by atoms with van der Waals surface area (Å²) in [6, 6.07) is 4.80. The first kappa shape index (κ1) is 11.3. The first-order valence-electron chi connectivity index (χ1n) is 4.78. The third-order valence-electron chi connectivity index (χ3n) is 2.26. The Morgan fingerprint density at radius 2 is 2.27 bits per heavy atom. The molecule has 0 heterocycles. The van der Waals surface area contributed by atoms with Crippen molar-refractivity contribution in [2.45, 2.75) is 19.9 Å². The summed E-state index contributed by atoms with van der Waals surface area (Å²) >= 11 is 0. The van der Waals surface area contributed by atoms with Crippen LogP contribution < -0.4 is 5.32 Å². The van der Waals surface area contributed by atoms with E-state index in [-0.39, 0.29) is 17.7 Å². The number of nitrogens with one attached hydrogen (secondary N) is 1. The molecule has 0 aliphatic rings. The molecule has 0 bridgehead atoms. The minimum atomic E-state index is -0.198. The average Bonchev–Trinajstić information content (AvgIpc) is 2.21. The number of hydrogen-bond donors (Lipinski definition) is 2. The van der Waals surface area contributed by atoms with Crippen LogP contribution in [-0.2, 0) is 0 Å². The van der Waals surface area contributed by atoms with E-state index in [0.29, 0.717) is 11.1 Å². The van der Waals surface area contributed by atoms with Crippen molar-refractivity contribution in [1.82, 2.24) is 5.32 Å². The van der Waals surface area contributed by atoms with Crippen LogP contribution >= 0.6 is 0 Å². The van der Waals surface area contributed by atoms with E-state index >= 15 is 0 Å². The third kappa shape index (κ3) is 2.59. The SMILES string of the molecule is C=CC(C)NC(=O)c1cccc(O)c1C. The third-order valence-corrected chi connectivity index (χ3v) is 2.26. The van der Waals surface area contributed by atoms with Crippen LogP contribution in [-0.4, -0.2) is 17.1 Å². The topological polar surface area (TPSA) is 49.3 Å². The van der Waals surface area contributed by atoms with Gasteiger partial charge in [0.2, 0.25) is 0 Å². The van der Waals surface area contributed by atoms with E-state index < -0.39 is 0 Å². The van der Waals surface area contributed by atoms with E-state index in [0.717, 1.165) is 0 Å². The molecule has 0 fully saturated rings. The smallest absolute Gasteiger partial charge is 0.252 e. The normalized spacial score (nSPS) is 11.9. The maximum absolute atomic E-state index is 11.7. The predicted octanol–water partition coefficient (Wildman–Crippen LogP) is 2.00. The van der Waals surface area contributed by atoms with E-state index in [1.165, 1.54) is 0 Å². The van der Waals surface area contributed by atoms with Gasteiger partial charge in [0.15, 0.2) is 0 Å². The van der Waals surface area contributed by atoms with E-state index in [4.69, 9.17) is 0 Å². The summed E-state index contributed by atoms with van der Waals surface area (Å²) < 4.78 is 0. The van der Waals surface area contributed by atoms with Gasteiger partial charge in [0, 0.05) is 17.2 Å². The molecule has 1 aromatic rings. The quantitative estimate of drug-likeness (QED) is 0.741. The molecule has 0 aliphatic carbocycles. The summed E-state index contributed by atoms with van der Waals surface area (Å²) in [5, 5.41) is 12.2. The maximum atomic E-state index is 11.7. The van der Waals surface area contributed by atoms with Crippen LogP contribution in [0.4, 0.5) is 0 Å². The lowest BCUT2D eigenvalue weighted by atomic mass is 10.1. The van der Waals surface area contributed by atoms with Gasteiger partial charge in [-0.2, -0.15) is 0 Å². The van der Waals surface area contributed by atoms with Crippen LogP contribution in [0.15, 0.2) is 30.9 Å². The van der Waals surface area contributed by atoms with Gasteiger partial charge in [0.25, 0.3) is 5.91 Å². The molecular formula is C12H15NO2. The van der Waals surface area contributed by atoms with Gasteiger partial charge in [-0.25, -0.2) is 0 Å². The Balaban J connectivity index is 2.91. The number of carbonyl (C=O) groups excluding carboxylic acids is 1. The average molecular weight is 205 g/mol. The number of carbonyl (C=O) groups is 1.